The molecule has 2 rings (SSSR count). The van der Waals surface area contributed by atoms with Crippen molar-refractivity contribution in [3.05, 3.63) is 52.7 Å². The van der Waals surface area contributed by atoms with Gasteiger partial charge >= 0.3 is 5.97 Å². The Morgan fingerprint density at radius 2 is 2.00 bits per heavy atom. The SMILES string of the molecule is CC(Cc1cccs1)C(=O)Oc1ccccc1. The molecule has 1 heterocycles. The molecule has 0 saturated carbocycles. The van der Waals surface area contributed by atoms with Crippen molar-refractivity contribution in [3.63, 3.8) is 0 Å². The highest BCUT2D eigenvalue weighted by molar-refractivity contribution is 7.09. The number of hydrogen-bond acceptors (Lipinski definition) is 3. The Morgan fingerprint density at radius 1 is 1.24 bits per heavy atom. The molecule has 88 valence electrons. The van der Waals surface area contributed by atoms with Crippen LogP contribution in [0.4, 0.5) is 0 Å². The first-order valence-electron chi connectivity index (χ1n) is 5.55. The molecule has 1 aromatic carbocycles. The summed E-state index contributed by atoms with van der Waals surface area (Å²) in [5, 5.41) is 2.02. The lowest BCUT2D eigenvalue weighted by Gasteiger charge is -2.09. The largest absolute Gasteiger partial charge is 0.426 e. The summed E-state index contributed by atoms with van der Waals surface area (Å²) in [5.41, 5.74) is 0. The van der Waals surface area contributed by atoms with Gasteiger partial charge in [-0.25, -0.2) is 0 Å². The van der Waals surface area contributed by atoms with E-state index in [1.165, 1.54) is 4.88 Å². The van der Waals surface area contributed by atoms with Crippen molar-refractivity contribution in [1.82, 2.24) is 0 Å². The van der Waals surface area contributed by atoms with Gasteiger partial charge in [0.1, 0.15) is 5.75 Å². The fraction of sp³-hybridized carbons (Fsp3) is 0.214. The summed E-state index contributed by atoms with van der Waals surface area (Å²) in [4.78, 5) is 13.0. The van der Waals surface area contributed by atoms with E-state index in [2.05, 4.69) is 0 Å². The molecular weight excluding hydrogens is 232 g/mol. The molecule has 0 aliphatic carbocycles. The van der Waals surface area contributed by atoms with Crippen LogP contribution in [0, 0.1) is 5.92 Å². The first kappa shape index (κ1) is 11.9. The maximum Gasteiger partial charge on any atom is 0.314 e. The summed E-state index contributed by atoms with van der Waals surface area (Å²) in [7, 11) is 0. The monoisotopic (exact) mass is 246 g/mol. The zero-order valence-electron chi connectivity index (χ0n) is 9.63. The number of benzene rings is 1. The average Bonchev–Trinajstić information content (AvgIpc) is 2.83. The third kappa shape index (κ3) is 3.43. The van der Waals surface area contributed by atoms with E-state index >= 15 is 0 Å². The topological polar surface area (TPSA) is 26.3 Å². The van der Waals surface area contributed by atoms with E-state index in [-0.39, 0.29) is 11.9 Å². The third-order valence-corrected chi connectivity index (χ3v) is 3.35. The van der Waals surface area contributed by atoms with Crippen molar-refractivity contribution in [2.24, 2.45) is 5.92 Å². The van der Waals surface area contributed by atoms with Gasteiger partial charge in [0.2, 0.25) is 0 Å². The standard InChI is InChI=1S/C14H14O2S/c1-11(10-13-8-5-9-17-13)14(15)16-12-6-3-2-4-7-12/h2-9,11H,10H2,1H3. The highest BCUT2D eigenvalue weighted by atomic mass is 32.1. The second-order valence-corrected chi connectivity index (χ2v) is 4.95. The summed E-state index contributed by atoms with van der Waals surface area (Å²) >= 11 is 1.67. The van der Waals surface area contributed by atoms with E-state index in [1.54, 1.807) is 23.5 Å². The fourth-order valence-corrected chi connectivity index (χ4v) is 2.35. The fourth-order valence-electron chi connectivity index (χ4n) is 1.52. The number of carbonyl (C=O) groups is 1. The van der Waals surface area contributed by atoms with Gasteiger partial charge < -0.3 is 4.74 Å². The van der Waals surface area contributed by atoms with Crippen molar-refractivity contribution in [2.45, 2.75) is 13.3 Å². The van der Waals surface area contributed by atoms with Crippen LogP contribution in [0.25, 0.3) is 0 Å². The summed E-state index contributed by atoms with van der Waals surface area (Å²) in [6.07, 6.45) is 0.739. The second kappa shape index (κ2) is 5.64. The first-order valence-corrected chi connectivity index (χ1v) is 6.43. The molecule has 1 aromatic heterocycles. The minimum atomic E-state index is -0.176. The Balaban J connectivity index is 1.92. The predicted molar refractivity (Wildman–Crippen MR) is 69.3 cm³/mol. The van der Waals surface area contributed by atoms with Crippen LogP contribution in [0.15, 0.2) is 47.8 Å². The summed E-state index contributed by atoms with van der Waals surface area (Å²) in [6, 6.07) is 13.2. The van der Waals surface area contributed by atoms with Crippen molar-refractivity contribution in [1.29, 1.82) is 0 Å². The van der Waals surface area contributed by atoms with Crippen LogP contribution >= 0.6 is 11.3 Å². The van der Waals surface area contributed by atoms with Crippen LogP contribution in [0.3, 0.4) is 0 Å². The molecule has 2 nitrogen and oxygen atoms in total. The molecule has 0 bridgehead atoms. The van der Waals surface area contributed by atoms with Crippen LogP contribution in [0.5, 0.6) is 5.75 Å². The molecular formula is C14H14O2S. The Morgan fingerprint density at radius 3 is 2.65 bits per heavy atom. The van der Waals surface area contributed by atoms with Gasteiger partial charge in [0.15, 0.2) is 0 Å². The Labute approximate surface area is 105 Å². The number of hydrogen-bond donors (Lipinski definition) is 0. The molecule has 0 spiro atoms. The van der Waals surface area contributed by atoms with Crippen molar-refractivity contribution in [2.75, 3.05) is 0 Å². The maximum atomic E-state index is 11.8. The van der Waals surface area contributed by atoms with Gasteiger partial charge in [-0.1, -0.05) is 31.2 Å². The molecule has 0 saturated heterocycles. The number of rotatable bonds is 4. The molecule has 0 radical (unpaired) electrons. The van der Waals surface area contributed by atoms with Crippen LogP contribution in [-0.2, 0) is 11.2 Å². The van der Waals surface area contributed by atoms with Crippen molar-refractivity contribution in [3.8, 4) is 5.75 Å². The normalized spacial score (nSPS) is 12.1. The van der Waals surface area contributed by atoms with Crippen molar-refractivity contribution >= 4 is 17.3 Å². The van der Waals surface area contributed by atoms with Gasteiger partial charge in [-0.15, -0.1) is 11.3 Å². The molecule has 0 aliphatic rings. The molecule has 0 fully saturated rings. The second-order valence-electron chi connectivity index (χ2n) is 3.92. The number of para-hydroxylation sites is 1. The highest BCUT2D eigenvalue weighted by Gasteiger charge is 2.16. The zero-order chi connectivity index (χ0) is 12.1. The molecule has 0 N–H and O–H groups in total. The molecule has 0 amide bonds. The minimum Gasteiger partial charge on any atom is -0.426 e. The Kier molecular flexibility index (Phi) is 3.94. The van der Waals surface area contributed by atoms with E-state index in [1.807, 2.05) is 42.6 Å². The summed E-state index contributed by atoms with van der Waals surface area (Å²) < 4.78 is 5.29. The van der Waals surface area contributed by atoms with Crippen LogP contribution in [0.1, 0.15) is 11.8 Å². The lowest BCUT2D eigenvalue weighted by atomic mass is 10.1. The van der Waals surface area contributed by atoms with Gasteiger partial charge in [-0.2, -0.15) is 0 Å². The average molecular weight is 246 g/mol. The van der Waals surface area contributed by atoms with Gasteiger partial charge in [0.05, 0.1) is 5.92 Å². The highest BCUT2D eigenvalue weighted by Crippen LogP contribution is 2.17. The number of esters is 1. The molecule has 3 heteroatoms. The molecule has 1 unspecified atom stereocenters. The third-order valence-electron chi connectivity index (χ3n) is 2.45. The van der Waals surface area contributed by atoms with Crippen LogP contribution in [-0.4, -0.2) is 5.97 Å². The van der Waals surface area contributed by atoms with E-state index in [9.17, 15) is 4.79 Å². The zero-order valence-corrected chi connectivity index (χ0v) is 10.4. The van der Waals surface area contributed by atoms with Gasteiger partial charge in [0, 0.05) is 4.88 Å². The van der Waals surface area contributed by atoms with Gasteiger partial charge in [-0.05, 0) is 30.0 Å². The smallest absolute Gasteiger partial charge is 0.314 e. The van der Waals surface area contributed by atoms with E-state index in [0.29, 0.717) is 5.75 Å². The number of carbonyl (C=O) groups excluding carboxylic acids is 1. The van der Waals surface area contributed by atoms with E-state index in [4.69, 9.17) is 4.74 Å². The number of ether oxygens (including phenoxy) is 1. The summed E-state index contributed by atoms with van der Waals surface area (Å²) in [6.45, 7) is 1.89. The minimum absolute atomic E-state index is 0.117. The molecule has 0 aliphatic heterocycles. The Bertz CT molecular complexity index is 462. The predicted octanol–water partition coefficient (Wildman–Crippen LogP) is 3.53. The first-order chi connectivity index (χ1) is 8.25. The maximum absolute atomic E-state index is 11.8. The lowest BCUT2D eigenvalue weighted by Crippen LogP contribution is -2.19. The molecule has 2 aromatic rings. The quantitative estimate of drug-likeness (QED) is 0.609. The molecule has 17 heavy (non-hydrogen) atoms. The van der Waals surface area contributed by atoms with E-state index in [0.717, 1.165) is 6.42 Å². The number of thiophene rings is 1. The van der Waals surface area contributed by atoms with Gasteiger partial charge in [0.25, 0.3) is 0 Å². The van der Waals surface area contributed by atoms with E-state index < -0.39 is 0 Å². The summed E-state index contributed by atoms with van der Waals surface area (Å²) in [5.74, 6) is 0.314. The van der Waals surface area contributed by atoms with Gasteiger partial charge in [-0.3, -0.25) is 4.79 Å². The Hall–Kier alpha value is -1.61. The van der Waals surface area contributed by atoms with Crippen molar-refractivity contribution < 1.29 is 9.53 Å². The molecule has 1 atom stereocenters. The van der Waals surface area contributed by atoms with Crippen LogP contribution < -0.4 is 4.74 Å². The lowest BCUT2D eigenvalue weighted by molar-refractivity contribution is -0.138. The van der Waals surface area contributed by atoms with Crippen LogP contribution in [0.2, 0.25) is 0 Å².